The minimum atomic E-state index is -1.05. The molecule has 0 unspecified atom stereocenters. The molecule has 132 valence electrons. The summed E-state index contributed by atoms with van der Waals surface area (Å²) < 4.78 is 5.48. The first-order valence-corrected chi connectivity index (χ1v) is 8.17. The number of carboxylic acids is 1. The molecule has 2 heterocycles. The number of hydrogen-bond acceptors (Lipinski definition) is 4. The largest absolute Gasteiger partial charge is 0.477 e. The maximum atomic E-state index is 12.4. The zero-order chi connectivity index (χ0) is 18.2. The van der Waals surface area contributed by atoms with E-state index >= 15 is 0 Å². The molecule has 25 heavy (non-hydrogen) atoms. The van der Waals surface area contributed by atoms with Gasteiger partial charge in [-0.05, 0) is 57.4 Å². The maximum Gasteiger partial charge on any atom is 0.414 e. The maximum absolute atomic E-state index is 12.4. The van der Waals surface area contributed by atoms with Crippen molar-refractivity contribution in [2.75, 3.05) is 11.4 Å². The number of fused-ring (bicyclic) bond motifs is 1. The van der Waals surface area contributed by atoms with Gasteiger partial charge in [0.05, 0.1) is 11.4 Å². The third-order valence-electron chi connectivity index (χ3n) is 3.92. The van der Waals surface area contributed by atoms with Gasteiger partial charge in [0, 0.05) is 12.1 Å². The van der Waals surface area contributed by atoms with E-state index in [-0.39, 0.29) is 11.8 Å². The molecule has 1 aromatic heterocycles. The molecule has 0 atom stereocenters. The smallest absolute Gasteiger partial charge is 0.414 e. The predicted molar refractivity (Wildman–Crippen MR) is 92.9 cm³/mol. The van der Waals surface area contributed by atoms with Crippen molar-refractivity contribution in [2.24, 2.45) is 0 Å². The fourth-order valence-electron chi connectivity index (χ4n) is 2.84. The van der Waals surface area contributed by atoms with Crippen LogP contribution in [0.4, 0.5) is 10.5 Å². The number of nitrogens with one attached hydrogen (secondary N) is 1. The number of H-pyrrole nitrogens is 1. The van der Waals surface area contributed by atoms with E-state index in [1.165, 1.54) is 6.07 Å². The van der Waals surface area contributed by atoms with Crippen LogP contribution in [0.3, 0.4) is 0 Å². The Morgan fingerprint density at radius 3 is 2.68 bits per heavy atom. The molecular weight excluding hydrogens is 322 g/mol. The molecule has 2 aromatic rings. The van der Waals surface area contributed by atoms with Gasteiger partial charge in [-0.3, -0.25) is 10.00 Å². The number of hydrogen-bond donors (Lipinski definition) is 2. The van der Waals surface area contributed by atoms with E-state index in [9.17, 15) is 9.59 Å². The van der Waals surface area contributed by atoms with E-state index in [1.54, 1.807) is 4.90 Å². The number of carbonyl (C=O) groups excluding carboxylic acids is 1. The van der Waals surface area contributed by atoms with Crippen LogP contribution < -0.4 is 4.90 Å². The average Bonchev–Trinajstić information content (AvgIpc) is 3.02. The highest BCUT2D eigenvalue weighted by Crippen LogP contribution is 2.32. The highest BCUT2D eigenvalue weighted by atomic mass is 16.6. The number of aromatic carboxylic acids is 1. The fraction of sp³-hybridized carbons (Fsp3) is 0.389. The number of aromatic nitrogens is 2. The van der Waals surface area contributed by atoms with Crippen LogP contribution in [0.2, 0.25) is 0 Å². The molecule has 0 spiro atoms. The van der Waals surface area contributed by atoms with Gasteiger partial charge in [-0.2, -0.15) is 5.10 Å². The van der Waals surface area contributed by atoms with E-state index < -0.39 is 11.6 Å². The van der Waals surface area contributed by atoms with Crippen molar-refractivity contribution in [3.8, 4) is 11.3 Å². The normalized spacial score (nSPS) is 14.1. The van der Waals surface area contributed by atoms with Crippen molar-refractivity contribution in [2.45, 2.75) is 39.2 Å². The first kappa shape index (κ1) is 17.0. The van der Waals surface area contributed by atoms with Crippen molar-refractivity contribution in [1.29, 1.82) is 0 Å². The summed E-state index contributed by atoms with van der Waals surface area (Å²) in [5.41, 5.74) is 2.73. The van der Waals surface area contributed by atoms with Gasteiger partial charge in [0.1, 0.15) is 11.3 Å². The summed E-state index contributed by atoms with van der Waals surface area (Å²) in [5.74, 6) is -1.05. The summed E-state index contributed by atoms with van der Waals surface area (Å²) in [6, 6.07) is 7.15. The molecule has 0 bridgehead atoms. The number of carbonyl (C=O) groups is 2. The van der Waals surface area contributed by atoms with E-state index in [0.717, 1.165) is 29.7 Å². The molecule has 1 aliphatic heterocycles. The van der Waals surface area contributed by atoms with E-state index in [0.29, 0.717) is 12.2 Å². The number of aryl methyl sites for hydroxylation is 1. The van der Waals surface area contributed by atoms with Crippen molar-refractivity contribution in [3.05, 3.63) is 35.5 Å². The zero-order valence-corrected chi connectivity index (χ0v) is 14.5. The Bertz CT molecular complexity index is 820. The Morgan fingerprint density at radius 2 is 2.04 bits per heavy atom. The van der Waals surface area contributed by atoms with Gasteiger partial charge in [0.2, 0.25) is 0 Å². The minimum absolute atomic E-state index is 0.0445. The lowest BCUT2D eigenvalue weighted by Crippen LogP contribution is -2.39. The van der Waals surface area contributed by atoms with Crippen LogP contribution in [0.15, 0.2) is 24.3 Å². The molecule has 0 aliphatic carbocycles. The lowest BCUT2D eigenvalue weighted by Gasteiger charge is -2.31. The molecular formula is C18H21N3O4. The molecule has 1 aliphatic rings. The highest BCUT2D eigenvalue weighted by Gasteiger charge is 2.27. The van der Waals surface area contributed by atoms with Crippen molar-refractivity contribution >= 4 is 17.7 Å². The molecule has 7 nitrogen and oxygen atoms in total. The SMILES string of the molecule is CC(C)(C)OC(=O)N1CCCc2cc(-c3cc(C(=O)O)[nH]n3)ccc21. The van der Waals surface area contributed by atoms with Crippen LogP contribution in [0.25, 0.3) is 11.3 Å². The lowest BCUT2D eigenvalue weighted by molar-refractivity contribution is 0.0577. The van der Waals surface area contributed by atoms with Gasteiger partial charge in [-0.25, -0.2) is 9.59 Å². The van der Waals surface area contributed by atoms with Crippen LogP contribution in [-0.2, 0) is 11.2 Å². The second-order valence-electron chi connectivity index (χ2n) is 7.05. The van der Waals surface area contributed by atoms with Crippen LogP contribution >= 0.6 is 0 Å². The van der Waals surface area contributed by atoms with E-state index in [1.807, 2.05) is 39.0 Å². The van der Waals surface area contributed by atoms with Gasteiger partial charge in [0.25, 0.3) is 0 Å². The fourth-order valence-corrected chi connectivity index (χ4v) is 2.84. The van der Waals surface area contributed by atoms with Crippen LogP contribution in [-0.4, -0.2) is 39.5 Å². The van der Waals surface area contributed by atoms with E-state index in [2.05, 4.69) is 10.2 Å². The molecule has 2 N–H and O–H groups in total. The van der Waals surface area contributed by atoms with Gasteiger partial charge in [-0.1, -0.05) is 6.07 Å². The molecule has 0 fully saturated rings. The third-order valence-corrected chi connectivity index (χ3v) is 3.92. The summed E-state index contributed by atoms with van der Waals surface area (Å²) in [6.45, 7) is 6.15. The van der Waals surface area contributed by atoms with E-state index in [4.69, 9.17) is 9.84 Å². The van der Waals surface area contributed by atoms with Gasteiger partial charge < -0.3 is 9.84 Å². The number of benzene rings is 1. The number of carboxylic acid groups (broad SMARTS) is 1. The van der Waals surface area contributed by atoms with Crippen molar-refractivity contribution < 1.29 is 19.4 Å². The van der Waals surface area contributed by atoms with Crippen molar-refractivity contribution in [3.63, 3.8) is 0 Å². The number of anilines is 1. The Kier molecular flexibility index (Phi) is 4.24. The standard InChI is InChI=1S/C18H21N3O4/c1-18(2,3)25-17(24)21-8-4-5-12-9-11(6-7-15(12)21)13-10-14(16(22)23)20-19-13/h6-7,9-10H,4-5,8H2,1-3H3,(H,19,20)(H,22,23). The zero-order valence-electron chi connectivity index (χ0n) is 14.5. The highest BCUT2D eigenvalue weighted by molar-refractivity contribution is 5.90. The Hall–Kier alpha value is -2.83. The number of rotatable bonds is 2. The lowest BCUT2D eigenvalue weighted by atomic mass is 9.98. The number of ether oxygens (including phenoxy) is 1. The second-order valence-corrected chi connectivity index (χ2v) is 7.05. The number of amides is 1. The Morgan fingerprint density at radius 1 is 1.28 bits per heavy atom. The molecule has 0 saturated heterocycles. The molecule has 0 radical (unpaired) electrons. The quantitative estimate of drug-likeness (QED) is 0.870. The van der Waals surface area contributed by atoms with Crippen LogP contribution in [0.5, 0.6) is 0 Å². The summed E-state index contributed by atoms with van der Waals surface area (Å²) in [7, 11) is 0. The van der Waals surface area contributed by atoms with Gasteiger partial charge in [-0.15, -0.1) is 0 Å². The number of nitrogens with zero attached hydrogens (tertiary/aromatic N) is 2. The average molecular weight is 343 g/mol. The van der Waals surface area contributed by atoms with Crippen LogP contribution in [0.1, 0.15) is 43.2 Å². The predicted octanol–water partition coefficient (Wildman–Crippen LogP) is 3.46. The number of aromatic amines is 1. The van der Waals surface area contributed by atoms with Gasteiger partial charge in [0.15, 0.2) is 0 Å². The van der Waals surface area contributed by atoms with Crippen molar-refractivity contribution in [1.82, 2.24) is 10.2 Å². The molecule has 1 amide bonds. The Balaban J connectivity index is 1.89. The summed E-state index contributed by atoms with van der Waals surface area (Å²) in [5, 5.41) is 15.5. The third kappa shape index (κ3) is 3.65. The Labute approximate surface area is 145 Å². The molecule has 7 heteroatoms. The first-order valence-electron chi connectivity index (χ1n) is 8.17. The van der Waals surface area contributed by atoms with Crippen LogP contribution in [0, 0.1) is 0 Å². The van der Waals surface area contributed by atoms with Gasteiger partial charge >= 0.3 is 12.1 Å². The first-order chi connectivity index (χ1) is 11.7. The second kappa shape index (κ2) is 6.23. The minimum Gasteiger partial charge on any atom is -0.477 e. The monoisotopic (exact) mass is 343 g/mol. The summed E-state index contributed by atoms with van der Waals surface area (Å²) >= 11 is 0. The topological polar surface area (TPSA) is 95.5 Å². The molecule has 3 rings (SSSR count). The molecule has 1 aromatic carbocycles. The summed E-state index contributed by atoms with van der Waals surface area (Å²) in [6.07, 6.45) is 1.34. The summed E-state index contributed by atoms with van der Waals surface area (Å²) in [4.78, 5) is 25.1. The molecule has 0 saturated carbocycles.